The summed E-state index contributed by atoms with van der Waals surface area (Å²) in [6, 6.07) is 4.47. The van der Waals surface area contributed by atoms with Crippen LogP contribution in [0.15, 0.2) is 18.2 Å². The lowest BCUT2D eigenvalue weighted by molar-refractivity contribution is 0.628. The third-order valence-electron chi connectivity index (χ3n) is 3.03. The summed E-state index contributed by atoms with van der Waals surface area (Å²) in [6.07, 6.45) is 0. The molecule has 0 aliphatic heterocycles. The lowest BCUT2D eigenvalue weighted by atomic mass is 10.0. The van der Waals surface area contributed by atoms with Crippen molar-refractivity contribution in [1.82, 2.24) is 9.97 Å². The Kier molecular flexibility index (Phi) is 4.20. The zero-order valence-electron chi connectivity index (χ0n) is 11.5. The third kappa shape index (κ3) is 2.73. The molecule has 0 atom stereocenters. The summed E-state index contributed by atoms with van der Waals surface area (Å²) in [6.45, 7) is 5.95. The smallest absolute Gasteiger partial charge is 0.161 e. The zero-order chi connectivity index (χ0) is 14.9. The highest BCUT2D eigenvalue weighted by Gasteiger charge is 2.15. The van der Waals surface area contributed by atoms with Crippen molar-refractivity contribution < 1.29 is 4.39 Å². The van der Waals surface area contributed by atoms with Gasteiger partial charge in [0.15, 0.2) is 5.82 Å². The van der Waals surface area contributed by atoms with E-state index >= 15 is 0 Å². The highest BCUT2D eigenvalue weighted by molar-refractivity contribution is 6.30. The monoisotopic (exact) mass is 294 g/mol. The molecule has 2 aromatic rings. The number of aryl methyl sites for hydroxylation is 1. The van der Waals surface area contributed by atoms with Gasteiger partial charge in [-0.05, 0) is 31.0 Å². The first-order valence-electron chi connectivity index (χ1n) is 6.24. The number of benzene rings is 1. The van der Waals surface area contributed by atoms with Crippen LogP contribution in [-0.4, -0.2) is 9.97 Å². The Morgan fingerprint density at radius 3 is 2.55 bits per heavy atom. The number of anilines is 1. The second kappa shape index (κ2) is 5.73. The van der Waals surface area contributed by atoms with Crippen LogP contribution in [0.3, 0.4) is 0 Å². The van der Waals surface area contributed by atoms with E-state index in [1.165, 1.54) is 12.1 Å². The fourth-order valence-electron chi connectivity index (χ4n) is 2.15. The van der Waals surface area contributed by atoms with Crippen LogP contribution < -0.4 is 11.3 Å². The maximum Gasteiger partial charge on any atom is 0.161 e. The van der Waals surface area contributed by atoms with Crippen LogP contribution in [0.25, 0.3) is 11.4 Å². The molecule has 0 aliphatic rings. The number of hydrogen-bond donors (Lipinski definition) is 2. The highest BCUT2D eigenvalue weighted by atomic mass is 35.5. The molecule has 0 fully saturated rings. The van der Waals surface area contributed by atoms with Crippen LogP contribution in [0.4, 0.5) is 10.2 Å². The molecule has 6 heteroatoms. The summed E-state index contributed by atoms with van der Waals surface area (Å²) in [7, 11) is 0. The number of aromatic nitrogens is 2. The maximum atomic E-state index is 13.5. The van der Waals surface area contributed by atoms with Crippen molar-refractivity contribution in [2.45, 2.75) is 26.7 Å². The summed E-state index contributed by atoms with van der Waals surface area (Å²) in [4.78, 5) is 8.78. The SMILES string of the molecule is Cc1nc(-c2ccc(Cl)c(F)c2)nc(NN)c1C(C)C. The van der Waals surface area contributed by atoms with Crippen molar-refractivity contribution in [3.8, 4) is 11.4 Å². The topological polar surface area (TPSA) is 63.8 Å². The van der Waals surface area contributed by atoms with E-state index in [-0.39, 0.29) is 10.9 Å². The average molecular weight is 295 g/mol. The van der Waals surface area contributed by atoms with Crippen molar-refractivity contribution in [2.24, 2.45) is 5.84 Å². The fraction of sp³-hybridized carbons (Fsp3) is 0.286. The largest absolute Gasteiger partial charge is 0.308 e. The van der Waals surface area contributed by atoms with Crippen LogP contribution >= 0.6 is 11.6 Å². The van der Waals surface area contributed by atoms with Gasteiger partial charge in [0, 0.05) is 16.8 Å². The normalized spacial score (nSPS) is 10.9. The van der Waals surface area contributed by atoms with E-state index in [4.69, 9.17) is 17.4 Å². The summed E-state index contributed by atoms with van der Waals surface area (Å²) < 4.78 is 13.5. The summed E-state index contributed by atoms with van der Waals surface area (Å²) >= 11 is 5.68. The minimum Gasteiger partial charge on any atom is -0.308 e. The molecule has 0 amide bonds. The van der Waals surface area contributed by atoms with Crippen molar-refractivity contribution >= 4 is 17.4 Å². The van der Waals surface area contributed by atoms with Gasteiger partial charge in [0.25, 0.3) is 0 Å². The minimum absolute atomic E-state index is 0.0708. The van der Waals surface area contributed by atoms with Gasteiger partial charge in [0.1, 0.15) is 11.6 Å². The molecular weight excluding hydrogens is 279 g/mol. The molecule has 0 bridgehead atoms. The third-order valence-corrected chi connectivity index (χ3v) is 3.33. The van der Waals surface area contributed by atoms with Gasteiger partial charge in [0.2, 0.25) is 0 Å². The van der Waals surface area contributed by atoms with Crippen molar-refractivity contribution in [2.75, 3.05) is 5.43 Å². The van der Waals surface area contributed by atoms with Crippen molar-refractivity contribution in [3.05, 3.63) is 40.3 Å². The molecule has 4 nitrogen and oxygen atoms in total. The van der Waals surface area contributed by atoms with Gasteiger partial charge >= 0.3 is 0 Å². The number of halogens is 2. The van der Waals surface area contributed by atoms with Gasteiger partial charge in [-0.1, -0.05) is 25.4 Å². The number of nitrogens with one attached hydrogen (secondary N) is 1. The van der Waals surface area contributed by atoms with Crippen LogP contribution in [0, 0.1) is 12.7 Å². The number of nitrogen functional groups attached to an aromatic ring is 1. The van der Waals surface area contributed by atoms with E-state index in [0.29, 0.717) is 17.2 Å². The van der Waals surface area contributed by atoms with E-state index in [1.54, 1.807) is 6.07 Å². The van der Waals surface area contributed by atoms with Gasteiger partial charge in [0.05, 0.1) is 5.02 Å². The standard InChI is InChI=1S/C14H16ClFN4/c1-7(2)12-8(3)18-13(19-14(12)20-17)9-4-5-10(15)11(16)6-9/h4-7H,17H2,1-3H3,(H,18,19,20). The molecule has 106 valence electrons. The van der Waals surface area contributed by atoms with Crippen LogP contribution in [-0.2, 0) is 0 Å². The highest BCUT2D eigenvalue weighted by Crippen LogP contribution is 2.28. The zero-order valence-corrected chi connectivity index (χ0v) is 12.3. The Bertz CT molecular complexity index is 643. The lowest BCUT2D eigenvalue weighted by Crippen LogP contribution is -2.14. The Morgan fingerprint density at radius 1 is 1.30 bits per heavy atom. The molecule has 0 saturated carbocycles. The molecule has 1 aromatic carbocycles. The molecule has 2 rings (SSSR count). The molecule has 1 heterocycles. The summed E-state index contributed by atoms with van der Waals surface area (Å²) in [5.41, 5.74) is 4.90. The second-order valence-corrected chi connectivity index (χ2v) is 5.23. The molecule has 3 N–H and O–H groups in total. The first-order chi connectivity index (χ1) is 9.43. The Balaban J connectivity index is 2.58. The predicted molar refractivity (Wildman–Crippen MR) is 79.1 cm³/mol. The van der Waals surface area contributed by atoms with E-state index < -0.39 is 5.82 Å². The summed E-state index contributed by atoms with van der Waals surface area (Å²) in [5.74, 6) is 6.22. The van der Waals surface area contributed by atoms with Gasteiger partial charge in [-0.15, -0.1) is 0 Å². The quantitative estimate of drug-likeness (QED) is 0.670. The molecule has 1 aromatic heterocycles. The number of nitrogens with zero attached hydrogens (tertiary/aromatic N) is 2. The van der Waals surface area contributed by atoms with Gasteiger partial charge < -0.3 is 5.43 Å². The molecule has 0 saturated heterocycles. The van der Waals surface area contributed by atoms with Crippen LogP contribution in [0.5, 0.6) is 0 Å². The first kappa shape index (κ1) is 14.7. The van der Waals surface area contributed by atoms with Crippen LogP contribution in [0.1, 0.15) is 31.0 Å². The molecular formula is C14H16ClFN4. The van der Waals surface area contributed by atoms with E-state index in [1.807, 2.05) is 20.8 Å². The van der Waals surface area contributed by atoms with Crippen LogP contribution in [0.2, 0.25) is 5.02 Å². The van der Waals surface area contributed by atoms with Gasteiger partial charge in [-0.2, -0.15) is 0 Å². The maximum absolute atomic E-state index is 13.5. The fourth-order valence-corrected chi connectivity index (χ4v) is 2.26. The summed E-state index contributed by atoms with van der Waals surface area (Å²) in [5, 5.41) is 0.0708. The predicted octanol–water partition coefficient (Wildman–Crippen LogP) is 3.65. The number of nitrogens with two attached hydrogens (primary N) is 1. The Hall–Kier alpha value is -1.72. The molecule has 0 radical (unpaired) electrons. The molecule has 0 spiro atoms. The van der Waals surface area contributed by atoms with E-state index in [0.717, 1.165) is 11.3 Å². The second-order valence-electron chi connectivity index (χ2n) is 4.82. The van der Waals surface area contributed by atoms with E-state index in [9.17, 15) is 4.39 Å². The number of hydrogen-bond acceptors (Lipinski definition) is 4. The lowest BCUT2D eigenvalue weighted by Gasteiger charge is -2.15. The Labute approximate surface area is 122 Å². The molecule has 20 heavy (non-hydrogen) atoms. The van der Waals surface area contributed by atoms with Crippen molar-refractivity contribution in [1.29, 1.82) is 0 Å². The molecule has 0 unspecified atom stereocenters. The minimum atomic E-state index is -0.499. The first-order valence-corrected chi connectivity index (χ1v) is 6.62. The Morgan fingerprint density at radius 2 is 2.00 bits per heavy atom. The van der Waals surface area contributed by atoms with Gasteiger partial charge in [-0.3, -0.25) is 0 Å². The van der Waals surface area contributed by atoms with Crippen molar-refractivity contribution in [3.63, 3.8) is 0 Å². The number of hydrazine groups is 1. The van der Waals surface area contributed by atoms with E-state index in [2.05, 4.69) is 15.4 Å². The average Bonchev–Trinajstić information content (AvgIpc) is 2.40. The molecule has 0 aliphatic carbocycles. The van der Waals surface area contributed by atoms with Gasteiger partial charge in [-0.25, -0.2) is 20.2 Å². The number of rotatable bonds is 3.